The number of benzene rings is 2. The van der Waals surface area contributed by atoms with Crippen molar-refractivity contribution in [2.24, 2.45) is 0 Å². The lowest BCUT2D eigenvalue weighted by atomic mass is 9.77. The summed E-state index contributed by atoms with van der Waals surface area (Å²) in [6, 6.07) is 8.41. The molecule has 0 radical (unpaired) electrons. The van der Waals surface area contributed by atoms with E-state index in [1.165, 1.54) is 29.5 Å². The molecule has 0 spiro atoms. The monoisotopic (exact) mass is 572 g/mol. The summed E-state index contributed by atoms with van der Waals surface area (Å²) >= 11 is 1.29. The molecular weight excluding hydrogens is 548 g/mol. The number of thiazole rings is 1. The summed E-state index contributed by atoms with van der Waals surface area (Å²) in [4.78, 5) is 18.0. The van der Waals surface area contributed by atoms with E-state index in [-0.39, 0.29) is 46.4 Å². The Bertz CT molecular complexity index is 1620. The van der Waals surface area contributed by atoms with E-state index < -0.39 is 23.5 Å². The maximum Gasteiger partial charge on any atom is 0.417 e. The van der Waals surface area contributed by atoms with Gasteiger partial charge < -0.3 is 19.8 Å². The van der Waals surface area contributed by atoms with Crippen LogP contribution in [0.5, 0.6) is 0 Å². The molecule has 4 fully saturated rings. The van der Waals surface area contributed by atoms with Crippen LogP contribution in [-0.2, 0) is 12.7 Å². The number of rotatable bonds is 7. The van der Waals surface area contributed by atoms with Gasteiger partial charge in [0.05, 0.1) is 15.8 Å². The minimum absolute atomic E-state index is 0.0224. The van der Waals surface area contributed by atoms with E-state index in [9.17, 15) is 27.5 Å². The quantitative estimate of drug-likeness (QED) is 0.242. The first-order chi connectivity index (χ1) is 19.2. The van der Waals surface area contributed by atoms with Crippen molar-refractivity contribution in [3.63, 3.8) is 0 Å². The lowest BCUT2D eigenvalue weighted by molar-refractivity contribution is -0.137. The summed E-state index contributed by atoms with van der Waals surface area (Å²) in [5.74, 6) is -0.981. The van der Waals surface area contributed by atoms with Crippen LogP contribution in [-0.4, -0.2) is 39.3 Å². The highest BCUT2D eigenvalue weighted by molar-refractivity contribution is 7.22. The fourth-order valence-corrected chi connectivity index (χ4v) is 7.28. The maximum atomic E-state index is 14.5. The Labute approximate surface area is 229 Å². The number of fused-ring (bicyclic) bond motifs is 3. The summed E-state index contributed by atoms with van der Waals surface area (Å²) in [5, 5.41) is 17.6. The standard InChI is InChI=1S/C28H24F4N4O3S/c29-21-7-14(26(37)38)8-22-24(21)34-27(40-22)36-16-9-15(10-17(36)11-16)33-12-19-23(35-39-25(19)13-5-6-13)18-3-1-2-4-20(18)28(30,31)32/h1-4,7-8,13,15-17,33H,5-6,9-12H2,(H,37,38). The molecule has 4 aliphatic rings. The van der Waals surface area contributed by atoms with Crippen molar-refractivity contribution in [2.75, 3.05) is 4.90 Å². The second-order valence-electron chi connectivity index (χ2n) is 10.8. The van der Waals surface area contributed by atoms with Gasteiger partial charge in [0.15, 0.2) is 10.9 Å². The zero-order valence-corrected chi connectivity index (χ0v) is 21.9. The number of nitrogens with zero attached hydrogens (tertiary/aromatic N) is 3. The van der Waals surface area contributed by atoms with Crippen molar-refractivity contribution in [1.29, 1.82) is 0 Å². The van der Waals surface area contributed by atoms with Gasteiger partial charge in [-0.1, -0.05) is 34.7 Å². The largest absolute Gasteiger partial charge is 0.478 e. The maximum absolute atomic E-state index is 14.5. The van der Waals surface area contributed by atoms with Crippen LogP contribution in [0.25, 0.3) is 21.5 Å². The SMILES string of the molecule is O=C(O)c1cc(F)c2nc(N3C4CC(NCc5c(-c6ccccc6C(F)(F)F)noc5C5CC5)CC3C4)sc2c1. The van der Waals surface area contributed by atoms with Crippen LogP contribution in [0.2, 0.25) is 0 Å². The highest BCUT2D eigenvalue weighted by Crippen LogP contribution is 2.47. The number of alkyl halides is 3. The van der Waals surface area contributed by atoms with Gasteiger partial charge in [-0.15, -0.1) is 0 Å². The van der Waals surface area contributed by atoms with Crippen LogP contribution >= 0.6 is 11.3 Å². The third kappa shape index (κ3) is 4.33. The number of aromatic nitrogens is 2. The smallest absolute Gasteiger partial charge is 0.417 e. The molecule has 12 heteroatoms. The fraction of sp³-hybridized carbons (Fsp3) is 0.393. The molecule has 2 saturated carbocycles. The molecule has 4 aromatic rings. The Morgan fingerprint density at radius 2 is 1.90 bits per heavy atom. The lowest BCUT2D eigenvalue weighted by Gasteiger charge is -2.55. The minimum atomic E-state index is -4.51. The van der Waals surface area contributed by atoms with Gasteiger partial charge in [0.1, 0.15) is 17.0 Å². The van der Waals surface area contributed by atoms with Crippen molar-refractivity contribution in [2.45, 2.75) is 68.9 Å². The molecule has 2 aliphatic carbocycles. The zero-order valence-electron chi connectivity index (χ0n) is 21.0. The minimum Gasteiger partial charge on any atom is -0.478 e. The zero-order chi connectivity index (χ0) is 27.8. The molecule has 8 rings (SSSR count). The molecule has 2 aliphatic heterocycles. The summed E-state index contributed by atoms with van der Waals surface area (Å²) in [6.07, 6.45) is -0.0696. The molecule has 2 N–H and O–H groups in total. The number of nitrogens with one attached hydrogen (secondary N) is 1. The Morgan fingerprint density at radius 3 is 2.60 bits per heavy atom. The van der Waals surface area contributed by atoms with E-state index in [1.807, 2.05) is 0 Å². The lowest BCUT2D eigenvalue weighted by Crippen LogP contribution is -2.64. The van der Waals surface area contributed by atoms with Crippen molar-refractivity contribution in [3.05, 3.63) is 64.7 Å². The fourth-order valence-electron chi connectivity index (χ4n) is 6.12. The third-order valence-corrected chi connectivity index (χ3v) is 9.19. The normalized spacial score (nSPS) is 22.5. The van der Waals surface area contributed by atoms with Gasteiger partial charge in [0.25, 0.3) is 0 Å². The van der Waals surface area contributed by atoms with E-state index in [0.717, 1.165) is 44.2 Å². The second kappa shape index (κ2) is 9.27. The molecule has 7 nitrogen and oxygen atoms in total. The van der Waals surface area contributed by atoms with Gasteiger partial charge in [-0.05, 0) is 50.3 Å². The van der Waals surface area contributed by atoms with Crippen LogP contribution in [0.4, 0.5) is 22.7 Å². The number of carbonyl (C=O) groups is 1. The van der Waals surface area contributed by atoms with E-state index in [0.29, 0.717) is 27.7 Å². The summed E-state index contributed by atoms with van der Waals surface area (Å²) in [5.41, 5.74) is 0.285. The van der Waals surface area contributed by atoms with E-state index in [1.54, 1.807) is 6.07 Å². The van der Waals surface area contributed by atoms with Crippen LogP contribution in [0.3, 0.4) is 0 Å². The number of hydrogen-bond donors (Lipinski definition) is 2. The van der Waals surface area contributed by atoms with Crippen molar-refractivity contribution < 1.29 is 32.0 Å². The first-order valence-electron chi connectivity index (χ1n) is 13.2. The molecular formula is C28H24F4N4O3S. The number of carboxylic acids is 1. The van der Waals surface area contributed by atoms with E-state index in [2.05, 4.69) is 20.4 Å². The van der Waals surface area contributed by atoms with Gasteiger partial charge in [-0.25, -0.2) is 14.2 Å². The summed E-state index contributed by atoms with van der Waals surface area (Å²) < 4.78 is 61.9. The van der Waals surface area contributed by atoms with Crippen LogP contribution in [0.1, 0.15) is 65.3 Å². The Hall–Kier alpha value is -3.51. The first-order valence-corrected chi connectivity index (χ1v) is 14.0. The second-order valence-corrected chi connectivity index (χ2v) is 11.8. The average molecular weight is 573 g/mol. The molecule has 2 aromatic carbocycles. The molecule has 2 aromatic heterocycles. The van der Waals surface area contributed by atoms with Gasteiger partial charge in [0.2, 0.25) is 0 Å². The topological polar surface area (TPSA) is 91.5 Å². The predicted molar refractivity (Wildman–Crippen MR) is 140 cm³/mol. The number of aromatic carboxylic acids is 1. The molecule has 2 atom stereocenters. The highest BCUT2D eigenvalue weighted by Gasteiger charge is 2.47. The molecule has 2 bridgehead atoms. The van der Waals surface area contributed by atoms with Crippen LogP contribution in [0.15, 0.2) is 40.9 Å². The highest BCUT2D eigenvalue weighted by atomic mass is 32.1. The summed E-state index contributed by atoms with van der Waals surface area (Å²) in [6.45, 7) is 0.352. The van der Waals surface area contributed by atoms with Gasteiger partial charge in [0, 0.05) is 41.7 Å². The molecule has 2 saturated heterocycles. The van der Waals surface area contributed by atoms with Crippen LogP contribution < -0.4 is 10.2 Å². The van der Waals surface area contributed by atoms with Crippen molar-refractivity contribution in [3.8, 4) is 11.3 Å². The number of anilines is 1. The summed E-state index contributed by atoms with van der Waals surface area (Å²) in [7, 11) is 0. The van der Waals surface area contributed by atoms with Crippen molar-refractivity contribution in [1.82, 2.24) is 15.5 Å². The number of piperidine rings is 1. The number of hydrogen-bond acceptors (Lipinski definition) is 7. The van der Waals surface area contributed by atoms with Crippen molar-refractivity contribution >= 4 is 32.7 Å². The number of halogens is 4. The van der Waals surface area contributed by atoms with Gasteiger partial charge >= 0.3 is 12.1 Å². The number of carboxylic acid groups (broad SMARTS) is 1. The Kier molecular flexibility index (Phi) is 5.90. The molecule has 0 amide bonds. The third-order valence-electron chi connectivity index (χ3n) is 8.17. The molecule has 4 heterocycles. The Morgan fingerprint density at radius 1 is 1.15 bits per heavy atom. The predicted octanol–water partition coefficient (Wildman–Crippen LogP) is 6.58. The molecule has 40 heavy (non-hydrogen) atoms. The molecule has 208 valence electrons. The van der Waals surface area contributed by atoms with E-state index in [4.69, 9.17) is 4.52 Å². The molecule has 2 unspecified atom stereocenters. The van der Waals surface area contributed by atoms with Gasteiger partial charge in [-0.3, -0.25) is 0 Å². The Balaban J connectivity index is 1.09. The van der Waals surface area contributed by atoms with E-state index >= 15 is 0 Å². The van der Waals surface area contributed by atoms with Crippen LogP contribution in [0, 0.1) is 5.82 Å². The first kappa shape index (κ1) is 25.5. The van der Waals surface area contributed by atoms with Gasteiger partial charge in [-0.2, -0.15) is 13.2 Å². The average Bonchev–Trinajstić information content (AvgIpc) is 3.53.